The molecule has 1 aliphatic rings. The zero-order valence-corrected chi connectivity index (χ0v) is 20.9. The van der Waals surface area contributed by atoms with Crippen LogP contribution in [0.15, 0.2) is 120 Å². The Morgan fingerprint density at radius 1 is 0.694 bits per heavy atom. The summed E-state index contributed by atoms with van der Waals surface area (Å²) in [6.07, 6.45) is 0. The molecule has 36 heavy (non-hydrogen) atoms. The predicted octanol–water partition coefficient (Wildman–Crippen LogP) is 5.38. The smallest absolute Gasteiger partial charge is 0.253 e. The van der Waals surface area contributed by atoms with E-state index in [1.807, 2.05) is 112 Å². The molecule has 5 nitrogen and oxygen atoms in total. The van der Waals surface area contributed by atoms with Crippen molar-refractivity contribution in [2.24, 2.45) is 0 Å². The highest BCUT2D eigenvalue weighted by molar-refractivity contribution is 7.86. The van der Waals surface area contributed by atoms with Gasteiger partial charge in [-0.3, -0.25) is 9.10 Å². The predicted molar refractivity (Wildman–Crippen MR) is 146 cm³/mol. The zero-order valence-electron chi connectivity index (χ0n) is 20.1. The number of para-hydroxylation sites is 1. The van der Waals surface area contributed by atoms with Crippen LogP contribution in [0.25, 0.3) is 0 Å². The Morgan fingerprint density at radius 3 is 1.86 bits per heavy atom. The molecule has 1 saturated heterocycles. The van der Waals surface area contributed by atoms with E-state index in [1.54, 1.807) is 0 Å². The second-order valence-electron chi connectivity index (χ2n) is 8.75. The Balaban J connectivity index is 1.31. The number of nitrogens with zero attached hydrogens (tertiary/aromatic N) is 3. The number of hydrogen-bond acceptors (Lipinski definition) is 3. The van der Waals surface area contributed by atoms with Crippen molar-refractivity contribution in [2.75, 3.05) is 35.4 Å². The van der Waals surface area contributed by atoms with E-state index in [9.17, 15) is 9.00 Å². The maximum Gasteiger partial charge on any atom is 0.253 e. The molecule has 0 aliphatic carbocycles. The maximum atomic E-state index is 13.5. The Labute approximate surface area is 215 Å². The van der Waals surface area contributed by atoms with E-state index in [-0.39, 0.29) is 5.91 Å². The Morgan fingerprint density at radius 2 is 1.25 bits per heavy atom. The van der Waals surface area contributed by atoms with E-state index in [1.165, 1.54) is 5.69 Å². The first-order valence-electron chi connectivity index (χ1n) is 12.2. The van der Waals surface area contributed by atoms with Crippen molar-refractivity contribution in [2.45, 2.75) is 11.4 Å². The van der Waals surface area contributed by atoms with E-state index in [0.717, 1.165) is 29.2 Å². The van der Waals surface area contributed by atoms with Crippen molar-refractivity contribution in [1.29, 1.82) is 0 Å². The van der Waals surface area contributed by atoms with Crippen molar-refractivity contribution >= 4 is 28.3 Å². The third-order valence-corrected chi connectivity index (χ3v) is 7.82. The minimum atomic E-state index is -1.38. The summed E-state index contributed by atoms with van der Waals surface area (Å²) in [6, 6.07) is 37.3. The second-order valence-corrected chi connectivity index (χ2v) is 10.2. The van der Waals surface area contributed by atoms with Gasteiger partial charge in [-0.15, -0.1) is 0 Å². The van der Waals surface area contributed by atoms with Crippen LogP contribution in [-0.2, 0) is 17.5 Å². The summed E-state index contributed by atoms with van der Waals surface area (Å²) in [5.74, 6) is 0.0352. The molecule has 0 bridgehead atoms. The molecule has 182 valence electrons. The molecule has 0 saturated carbocycles. The van der Waals surface area contributed by atoms with Gasteiger partial charge >= 0.3 is 0 Å². The fourth-order valence-electron chi connectivity index (χ4n) is 4.42. The van der Waals surface area contributed by atoms with Crippen LogP contribution >= 0.6 is 0 Å². The van der Waals surface area contributed by atoms with Crippen LogP contribution in [0.4, 0.5) is 11.4 Å². The van der Waals surface area contributed by atoms with Crippen LogP contribution in [0, 0.1) is 0 Å². The van der Waals surface area contributed by atoms with Gasteiger partial charge in [0.15, 0.2) is 11.0 Å². The molecule has 1 unspecified atom stereocenters. The van der Waals surface area contributed by atoms with E-state index in [0.29, 0.717) is 25.2 Å². The van der Waals surface area contributed by atoms with E-state index >= 15 is 0 Å². The Kier molecular flexibility index (Phi) is 7.43. The summed E-state index contributed by atoms with van der Waals surface area (Å²) in [6.45, 7) is 3.50. The number of benzene rings is 4. The number of amides is 1. The lowest BCUT2D eigenvalue weighted by Crippen LogP contribution is -2.48. The van der Waals surface area contributed by atoms with Crippen LogP contribution in [0.1, 0.15) is 15.9 Å². The van der Waals surface area contributed by atoms with Gasteiger partial charge < -0.3 is 9.80 Å². The third-order valence-electron chi connectivity index (χ3n) is 6.40. The summed E-state index contributed by atoms with van der Waals surface area (Å²) in [5, 5.41) is 0. The van der Waals surface area contributed by atoms with Crippen LogP contribution in [-0.4, -0.2) is 41.2 Å². The third kappa shape index (κ3) is 5.50. The number of piperazine rings is 1. The Hall–Kier alpha value is -3.90. The van der Waals surface area contributed by atoms with Gasteiger partial charge in [-0.05, 0) is 54.1 Å². The molecule has 6 heteroatoms. The molecule has 1 amide bonds. The van der Waals surface area contributed by atoms with Crippen LogP contribution < -0.4 is 9.21 Å². The number of anilines is 2. The first kappa shape index (κ1) is 23.8. The van der Waals surface area contributed by atoms with E-state index < -0.39 is 11.0 Å². The molecule has 0 radical (unpaired) electrons. The standard InChI is InChI=1S/C30H29N3O2S/c34-30(32-22-20-31(21-23-32)27-12-6-2-7-13-27)26-16-18-28(19-17-26)33(24-25-10-4-1-5-11-25)36(35)29-14-8-3-9-15-29/h1-19H,20-24H2. The number of hydrogen-bond donors (Lipinski definition) is 0. The molecule has 0 aromatic heterocycles. The highest BCUT2D eigenvalue weighted by atomic mass is 32.2. The topological polar surface area (TPSA) is 43.9 Å². The van der Waals surface area contributed by atoms with Crippen molar-refractivity contribution in [3.8, 4) is 0 Å². The van der Waals surface area contributed by atoms with E-state index in [4.69, 9.17) is 0 Å². The molecule has 1 aliphatic heterocycles. The number of rotatable bonds is 7. The molecule has 5 rings (SSSR count). The van der Waals surface area contributed by atoms with Crippen LogP contribution in [0.2, 0.25) is 0 Å². The highest BCUT2D eigenvalue weighted by Crippen LogP contribution is 2.25. The van der Waals surface area contributed by atoms with Gasteiger partial charge in [0.25, 0.3) is 5.91 Å². The summed E-state index contributed by atoms with van der Waals surface area (Å²) in [7, 11) is -1.38. The summed E-state index contributed by atoms with van der Waals surface area (Å²) < 4.78 is 15.4. The molecule has 0 spiro atoms. The van der Waals surface area contributed by atoms with Gasteiger partial charge in [0.1, 0.15) is 0 Å². The van der Waals surface area contributed by atoms with Crippen molar-refractivity contribution < 1.29 is 9.00 Å². The number of carbonyl (C=O) groups excluding carboxylic acids is 1. The van der Waals surface area contributed by atoms with Gasteiger partial charge in [-0.25, -0.2) is 4.21 Å². The first-order valence-corrected chi connectivity index (χ1v) is 13.3. The van der Waals surface area contributed by atoms with Gasteiger partial charge in [0.2, 0.25) is 0 Å². The SMILES string of the molecule is O=C(c1ccc(N(Cc2ccccc2)S(=O)c2ccccc2)cc1)N1CCN(c2ccccc2)CC1. The first-order chi connectivity index (χ1) is 17.7. The molecular weight excluding hydrogens is 466 g/mol. The molecule has 1 fully saturated rings. The summed E-state index contributed by atoms with van der Waals surface area (Å²) in [5.41, 5.74) is 3.72. The van der Waals surface area contributed by atoms with Crippen LogP contribution in [0.3, 0.4) is 0 Å². The average Bonchev–Trinajstić information content (AvgIpc) is 2.97. The minimum Gasteiger partial charge on any atom is -0.368 e. The quantitative estimate of drug-likeness (QED) is 0.346. The lowest BCUT2D eigenvalue weighted by atomic mass is 10.1. The molecule has 4 aromatic carbocycles. The maximum absolute atomic E-state index is 13.5. The van der Waals surface area contributed by atoms with Crippen molar-refractivity contribution in [1.82, 2.24) is 4.90 Å². The number of carbonyl (C=O) groups is 1. The molecule has 4 aromatic rings. The van der Waals surface area contributed by atoms with Crippen molar-refractivity contribution in [3.05, 3.63) is 126 Å². The summed E-state index contributed by atoms with van der Waals surface area (Å²) >= 11 is 0. The second kappa shape index (κ2) is 11.2. The van der Waals surface area contributed by atoms with Crippen molar-refractivity contribution in [3.63, 3.8) is 0 Å². The fourth-order valence-corrected chi connectivity index (χ4v) is 5.64. The molecule has 1 atom stereocenters. The van der Waals surface area contributed by atoms with E-state index in [2.05, 4.69) is 17.0 Å². The average molecular weight is 496 g/mol. The monoisotopic (exact) mass is 495 g/mol. The normalized spacial score (nSPS) is 14.3. The largest absolute Gasteiger partial charge is 0.368 e. The van der Waals surface area contributed by atoms with Gasteiger partial charge in [-0.2, -0.15) is 0 Å². The molecule has 1 heterocycles. The molecule has 0 N–H and O–H groups in total. The van der Waals surface area contributed by atoms with Gasteiger partial charge in [0.05, 0.1) is 17.1 Å². The summed E-state index contributed by atoms with van der Waals surface area (Å²) in [4.78, 5) is 18.2. The lowest BCUT2D eigenvalue weighted by Gasteiger charge is -2.36. The fraction of sp³-hybridized carbons (Fsp3) is 0.167. The molecular formula is C30H29N3O2S. The Bertz CT molecular complexity index is 1290. The van der Waals surface area contributed by atoms with Crippen LogP contribution in [0.5, 0.6) is 0 Å². The highest BCUT2D eigenvalue weighted by Gasteiger charge is 2.23. The van der Waals surface area contributed by atoms with Gasteiger partial charge in [0, 0.05) is 37.4 Å². The zero-order chi connectivity index (χ0) is 24.7. The minimum absolute atomic E-state index is 0.0352. The lowest BCUT2D eigenvalue weighted by molar-refractivity contribution is 0.0747. The van der Waals surface area contributed by atoms with Gasteiger partial charge in [-0.1, -0.05) is 66.7 Å².